The molecule has 0 aromatic heterocycles. The molecule has 0 saturated heterocycles. The van der Waals surface area contributed by atoms with Crippen molar-refractivity contribution in [3.8, 4) is 23.0 Å². The minimum Gasteiger partial charge on any atom is -0.457 e. The number of rotatable bonds is 4. The molecular formula is C40H36O2. The molecule has 0 heterocycles. The zero-order valence-corrected chi connectivity index (χ0v) is 25.2. The molecule has 0 aliphatic rings. The predicted octanol–water partition coefficient (Wildman–Crippen LogP) is 11.9. The summed E-state index contributed by atoms with van der Waals surface area (Å²) in [7, 11) is 0. The first-order chi connectivity index (χ1) is 20.1. The van der Waals surface area contributed by atoms with Gasteiger partial charge in [-0.1, -0.05) is 114 Å². The van der Waals surface area contributed by atoms with Crippen LogP contribution in [0.25, 0.3) is 43.1 Å². The third-order valence-electron chi connectivity index (χ3n) is 8.45. The van der Waals surface area contributed by atoms with E-state index in [-0.39, 0.29) is 10.8 Å². The minimum absolute atomic E-state index is 0.0885. The third-order valence-corrected chi connectivity index (χ3v) is 8.45. The lowest BCUT2D eigenvalue weighted by Crippen LogP contribution is -2.10. The predicted molar refractivity (Wildman–Crippen MR) is 178 cm³/mol. The molecular weight excluding hydrogens is 512 g/mol. The van der Waals surface area contributed by atoms with Crippen molar-refractivity contribution in [2.75, 3.05) is 0 Å². The molecule has 0 saturated carbocycles. The van der Waals surface area contributed by atoms with Crippen molar-refractivity contribution in [3.05, 3.63) is 120 Å². The smallest absolute Gasteiger partial charge is 0.135 e. The van der Waals surface area contributed by atoms with Crippen molar-refractivity contribution in [3.63, 3.8) is 0 Å². The second kappa shape index (κ2) is 9.49. The fraction of sp³-hybridized carbons (Fsp3) is 0.200. The van der Waals surface area contributed by atoms with Crippen LogP contribution in [0.1, 0.15) is 52.7 Å². The average Bonchev–Trinajstić information content (AvgIpc) is 2.96. The number of fused-ring (bicyclic) bond motifs is 2. The van der Waals surface area contributed by atoms with Gasteiger partial charge >= 0.3 is 0 Å². The van der Waals surface area contributed by atoms with Crippen molar-refractivity contribution < 1.29 is 9.47 Å². The number of ether oxygens (including phenoxy) is 2. The van der Waals surface area contributed by atoms with Crippen LogP contribution in [-0.4, -0.2) is 0 Å². The van der Waals surface area contributed by atoms with E-state index in [1.165, 1.54) is 32.7 Å². The molecule has 0 aliphatic carbocycles. The van der Waals surface area contributed by atoms with Crippen LogP contribution in [0.2, 0.25) is 0 Å². The van der Waals surface area contributed by atoms with Crippen molar-refractivity contribution >= 4 is 43.1 Å². The first kappa shape index (κ1) is 26.3. The third kappa shape index (κ3) is 4.43. The topological polar surface area (TPSA) is 18.5 Å². The quantitative estimate of drug-likeness (QED) is 0.161. The summed E-state index contributed by atoms with van der Waals surface area (Å²) in [4.78, 5) is 0. The van der Waals surface area contributed by atoms with E-state index in [2.05, 4.69) is 151 Å². The van der Waals surface area contributed by atoms with Gasteiger partial charge in [-0.2, -0.15) is 0 Å². The van der Waals surface area contributed by atoms with Crippen LogP contribution in [-0.2, 0) is 10.8 Å². The maximum atomic E-state index is 6.67. The van der Waals surface area contributed by atoms with Gasteiger partial charge in [0, 0.05) is 16.2 Å². The summed E-state index contributed by atoms with van der Waals surface area (Å²) in [6.45, 7) is 13.4. The first-order valence-electron chi connectivity index (χ1n) is 14.8. The van der Waals surface area contributed by atoms with Gasteiger partial charge in [-0.05, 0) is 85.3 Å². The van der Waals surface area contributed by atoms with Crippen molar-refractivity contribution in [1.29, 1.82) is 0 Å². The van der Waals surface area contributed by atoms with Gasteiger partial charge in [0.1, 0.15) is 23.0 Å². The molecule has 0 N–H and O–H groups in total. The van der Waals surface area contributed by atoms with Crippen LogP contribution < -0.4 is 9.47 Å². The molecule has 2 heteroatoms. The lowest BCUT2D eigenvalue weighted by molar-refractivity contribution is 0.486. The van der Waals surface area contributed by atoms with E-state index in [1.54, 1.807) is 0 Å². The average molecular weight is 549 g/mol. The van der Waals surface area contributed by atoms with Gasteiger partial charge in [-0.25, -0.2) is 0 Å². The summed E-state index contributed by atoms with van der Waals surface area (Å²) in [6.07, 6.45) is 0. The molecule has 7 aromatic carbocycles. The Morgan fingerprint density at radius 1 is 0.381 bits per heavy atom. The Bertz CT molecular complexity index is 1930. The van der Waals surface area contributed by atoms with Crippen LogP contribution >= 0.6 is 0 Å². The standard InChI is InChI=1S/C40H36O2/c1-39(2,3)27-15-19-29(20-16-27)41-33-23-13-26-14-24-34(42-30-21-17-28(18-22-30)40(4,5)6)38-32-12-8-10-25-9-7-11-31(35(25)32)37(33)36(26)38/h7-24H,1-6H3. The summed E-state index contributed by atoms with van der Waals surface area (Å²) in [5, 5.41) is 9.36. The summed E-state index contributed by atoms with van der Waals surface area (Å²) in [6, 6.07) is 38.6. The van der Waals surface area contributed by atoms with Gasteiger partial charge in [0.2, 0.25) is 0 Å². The van der Waals surface area contributed by atoms with E-state index in [1.807, 2.05) is 0 Å². The van der Waals surface area contributed by atoms with Crippen LogP contribution in [0.15, 0.2) is 109 Å². The fourth-order valence-electron chi connectivity index (χ4n) is 6.14. The first-order valence-corrected chi connectivity index (χ1v) is 14.8. The zero-order valence-electron chi connectivity index (χ0n) is 25.2. The Hall–Kier alpha value is -4.56. The molecule has 0 radical (unpaired) electrons. The number of hydrogen-bond acceptors (Lipinski definition) is 2. The Kier molecular flexibility index (Phi) is 5.95. The van der Waals surface area contributed by atoms with E-state index in [0.29, 0.717) is 0 Å². The van der Waals surface area contributed by atoms with Crippen molar-refractivity contribution in [1.82, 2.24) is 0 Å². The molecule has 7 rings (SSSR count). The van der Waals surface area contributed by atoms with Crippen molar-refractivity contribution in [2.24, 2.45) is 0 Å². The van der Waals surface area contributed by atoms with E-state index >= 15 is 0 Å². The van der Waals surface area contributed by atoms with Crippen LogP contribution in [0.3, 0.4) is 0 Å². The van der Waals surface area contributed by atoms with Gasteiger partial charge in [0.05, 0.1) is 0 Å². The highest BCUT2D eigenvalue weighted by Crippen LogP contribution is 2.48. The SMILES string of the molecule is CC(C)(C)c1ccc(Oc2ccc3ccc(Oc4ccc(C(C)(C)C)cc4)c4c5cccc6cccc(c2c34)c65)cc1. The lowest BCUT2D eigenvalue weighted by atomic mass is 9.87. The Morgan fingerprint density at radius 3 is 1.19 bits per heavy atom. The van der Waals surface area contributed by atoms with Crippen molar-refractivity contribution in [2.45, 2.75) is 52.4 Å². The highest BCUT2D eigenvalue weighted by atomic mass is 16.5. The normalized spacial score (nSPS) is 12.5. The largest absolute Gasteiger partial charge is 0.457 e. The second-order valence-corrected chi connectivity index (χ2v) is 13.4. The molecule has 0 amide bonds. The van der Waals surface area contributed by atoms with Gasteiger partial charge < -0.3 is 9.47 Å². The van der Waals surface area contributed by atoms with E-state index in [4.69, 9.17) is 9.47 Å². The second-order valence-electron chi connectivity index (χ2n) is 13.4. The molecule has 42 heavy (non-hydrogen) atoms. The van der Waals surface area contributed by atoms with E-state index < -0.39 is 0 Å². The van der Waals surface area contributed by atoms with Crippen LogP contribution in [0.5, 0.6) is 23.0 Å². The lowest BCUT2D eigenvalue weighted by Gasteiger charge is -2.21. The van der Waals surface area contributed by atoms with Gasteiger partial charge in [-0.3, -0.25) is 0 Å². The molecule has 208 valence electrons. The molecule has 2 nitrogen and oxygen atoms in total. The van der Waals surface area contributed by atoms with Crippen LogP contribution in [0.4, 0.5) is 0 Å². The highest BCUT2D eigenvalue weighted by Gasteiger charge is 2.21. The maximum Gasteiger partial charge on any atom is 0.135 e. The molecule has 7 aromatic rings. The fourth-order valence-corrected chi connectivity index (χ4v) is 6.14. The Morgan fingerprint density at radius 2 is 0.786 bits per heavy atom. The molecule has 0 spiro atoms. The molecule has 0 bridgehead atoms. The Labute approximate surface area is 247 Å². The minimum atomic E-state index is 0.0885. The molecule has 0 unspecified atom stereocenters. The van der Waals surface area contributed by atoms with Gasteiger partial charge in [0.15, 0.2) is 0 Å². The van der Waals surface area contributed by atoms with E-state index in [0.717, 1.165) is 44.5 Å². The summed E-state index contributed by atoms with van der Waals surface area (Å²) in [5.41, 5.74) is 2.75. The monoisotopic (exact) mass is 548 g/mol. The maximum absolute atomic E-state index is 6.67. The zero-order chi connectivity index (χ0) is 29.2. The Balaban J connectivity index is 1.45. The molecule has 0 fully saturated rings. The molecule has 0 atom stereocenters. The van der Waals surface area contributed by atoms with Gasteiger partial charge in [-0.15, -0.1) is 0 Å². The number of benzene rings is 7. The summed E-state index contributed by atoms with van der Waals surface area (Å²) >= 11 is 0. The van der Waals surface area contributed by atoms with Gasteiger partial charge in [0.25, 0.3) is 0 Å². The summed E-state index contributed by atoms with van der Waals surface area (Å²) in [5.74, 6) is 3.36. The summed E-state index contributed by atoms with van der Waals surface area (Å²) < 4.78 is 13.3. The molecule has 0 aliphatic heterocycles. The number of hydrogen-bond donors (Lipinski definition) is 0. The highest BCUT2D eigenvalue weighted by molar-refractivity contribution is 6.35. The van der Waals surface area contributed by atoms with E-state index in [9.17, 15) is 0 Å². The van der Waals surface area contributed by atoms with Crippen LogP contribution in [0, 0.1) is 0 Å².